The summed E-state index contributed by atoms with van der Waals surface area (Å²) in [5.74, 6) is 0.411. The molecule has 0 aliphatic rings. The number of rotatable bonds is 7. The van der Waals surface area contributed by atoms with Gasteiger partial charge in [-0.25, -0.2) is 17.6 Å². The number of aryl methyl sites for hydroxylation is 2. The van der Waals surface area contributed by atoms with Gasteiger partial charge in [0.05, 0.1) is 28.9 Å². The Bertz CT molecular complexity index is 907. The second-order valence-corrected chi connectivity index (χ2v) is 8.54. The summed E-state index contributed by atoms with van der Waals surface area (Å²) in [7, 11) is -3.55. The van der Waals surface area contributed by atoms with Crippen LogP contribution in [0.5, 0.6) is 0 Å². The van der Waals surface area contributed by atoms with Crippen molar-refractivity contribution in [2.24, 2.45) is 0 Å². The van der Waals surface area contributed by atoms with Crippen molar-refractivity contribution in [1.82, 2.24) is 9.29 Å². The lowest BCUT2D eigenvalue weighted by molar-refractivity contribution is -0.678. The number of imidazole rings is 1. The number of nitrogens with one attached hydrogen (secondary N) is 1. The molecule has 0 radical (unpaired) electrons. The Morgan fingerprint density at radius 3 is 2.48 bits per heavy atom. The van der Waals surface area contributed by atoms with Gasteiger partial charge >= 0.3 is 0 Å². The quantitative estimate of drug-likeness (QED) is 0.567. The van der Waals surface area contributed by atoms with Crippen LogP contribution in [0.3, 0.4) is 0 Å². The average molecular weight is 407 g/mol. The minimum Gasteiger partial charge on any atom is -0.274 e. The lowest BCUT2D eigenvalue weighted by Crippen LogP contribution is -2.37. The molecule has 0 atom stereocenters. The standard InChI is InChI=1S/C16H21Cl2N3O3S/c1-4-20-12(3)21(16-10-14(18)13(17)9-15(16)20)7-5-6-8-25(23,24)19-11(2)22/h9-10H,4-8H2,1-3H3/p+1. The third-order valence-electron chi connectivity index (χ3n) is 4.04. The number of nitrogens with zero attached hydrogens (tertiary/aromatic N) is 2. The number of fused-ring (bicyclic) bond motifs is 1. The van der Waals surface area contributed by atoms with Crippen molar-refractivity contribution in [2.45, 2.75) is 46.7 Å². The van der Waals surface area contributed by atoms with E-state index < -0.39 is 15.9 Å². The molecule has 0 spiro atoms. The van der Waals surface area contributed by atoms with Crippen molar-refractivity contribution >= 4 is 50.2 Å². The van der Waals surface area contributed by atoms with Crippen LogP contribution >= 0.6 is 23.2 Å². The summed E-state index contributed by atoms with van der Waals surface area (Å²) in [4.78, 5) is 10.9. The number of carbonyl (C=O) groups is 1. The highest BCUT2D eigenvalue weighted by Crippen LogP contribution is 2.27. The molecule has 1 aromatic heterocycles. The molecule has 0 bridgehead atoms. The van der Waals surface area contributed by atoms with E-state index in [1.807, 2.05) is 23.8 Å². The van der Waals surface area contributed by atoms with Crippen LogP contribution < -0.4 is 9.29 Å². The van der Waals surface area contributed by atoms with Gasteiger partial charge in [0.25, 0.3) is 5.82 Å². The topological polar surface area (TPSA) is 72.1 Å². The molecule has 1 amide bonds. The van der Waals surface area contributed by atoms with E-state index in [0.29, 0.717) is 29.4 Å². The molecule has 0 unspecified atom stereocenters. The van der Waals surface area contributed by atoms with Crippen molar-refractivity contribution in [2.75, 3.05) is 5.75 Å². The van der Waals surface area contributed by atoms with Gasteiger partial charge < -0.3 is 0 Å². The Kier molecular flexibility index (Phi) is 6.35. The molecule has 138 valence electrons. The molecule has 0 aliphatic heterocycles. The van der Waals surface area contributed by atoms with Crippen molar-refractivity contribution in [3.05, 3.63) is 28.0 Å². The van der Waals surface area contributed by atoms with Crippen LogP contribution in [0.1, 0.15) is 32.5 Å². The molecular formula is C16H22Cl2N3O3S+. The fraction of sp³-hybridized carbons (Fsp3) is 0.500. The second-order valence-electron chi connectivity index (χ2n) is 5.88. The molecule has 0 saturated heterocycles. The molecule has 1 aromatic carbocycles. The SMILES string of the molecule is CCn1c(C)[n+](CCCCS(=O)(=O)NC(C)=O)c2cc(Cl)c(Cl)cc21. The molecule has 1 heterocycles. The van der Waals surface area contributed by atoms with Gasteiger partial charge in [0.15, 0.2) is 11.0 Å². The number of sulfonamides is 1. The van der Waals surface area contributed by atoms with Crippen molar-refractivity contribution < 1.29 is 17.8 Å². The number of halogens is 2. The Morgan fingerprint density at radius 2 is 1.88 bits per heavy atom. The molecule has 0 aliphatic carbocycles. The number of hydrogen-bond acceptors (Lipinski definition) is 3. The maximum absolute atomic E-state index is 11.7. The zero-order valence-corrected chi connectivity index (χ0v) is 16.8. The summed E-state index contributed by atoms with van der Waals surface area (Å²) in [6, 6.07) is 3.69. The summed E-state index contributed by atoms with van der Waals surface area (Å²) >= 11 is 12.3. The Hall–Kier alpha value is -1.31. The average Bonchev–Trinajstić information content (AvgIpc) is 2.74. The van der Waals surface area contributed by atoms with Gasteiger partial charge in [0.1, 0.15) is 0 Å². The number of carbonyl (C=O) groups excluding carboxylic acids is 1. The minimum absolute atomic E-state index is 0.0782. The van der Waals surface area contributed by atoms with Crippen LogP contribution in [0.15, 0.2) is 12.1 Å². The molecule has 0 saturated carbocycles. The largest absolute Gasteiger partial charge is 0.274 e. The van der Waals surface area contributed by atoms with Crippen LogP contribution in [-0.4, -0.2) is 24.6 Å². The highest BCUT2D eigenvalue weighted by molar-refractivity contribution is 7.90. The third-order valence-corrected chi connectivity index (χ3v) is 6.19. The van der Waals surface area contributed by atoms with Gasteiger partial charge in [0, 0.05) is 26.0 Å². The van der Waals surface area contributed by atoms with Crippen LogP contribution in [0, 0.1) is 6.92 Å². The monoisotopic (exact) mass is 406 g/mol. The van der Waals surface area contributed by atoms with Crippen molar-refractivity contribution in [3.63, 3.8) is 0 Å². The van der Waals surface area contributed by atoms with Gasteiger partial charge in [-0.2, -0.15) is 0 Å². The lowest BCUT2D eigenvalue weighted by atomic mass is 10.3. The molecule has 9 heteroatoms. The molecule has 0 fully saturated rings. The third kappa shape index (κ3) is 4.65. The van der Waals surface area contributed by atoms with E-state index in [1.54, 1.807) is 0 Å². The number of aromatic nitrogens is 2. The fourth-order valence-corrected chi connectivity index (χ4v) is 4.41. The summed E-state index contributed by atoms with van der Waals surface area (Å²) in [5.41, 5.74) is 1.97. The summed E-state index contributed by atoms with van der Waals surface area (Å²) in [6.07, 6.45) is 1.11. The Balaban J connectivity index is 2.17. The van der Waals surface area contributed by atoms with E-state index in [1.165, 1.54) is 6.92 Å². The normalized spacial score (nSPS) is 11.9. The first-order valence-corrected chi connectivity index (χ1v) is 10.5. The van der Waals surface area contributed by atoms with Gasteiger partial charge in [-0.15, -0.1) is 0 Å². The maximum atomic E-state index is 11.7. The minimum atomic E-state index is -3.55. The summed E-state index contributed by atoms with van der Waals surface area (Å²) < 4.78 is 29.6. The molecule has 6 nitrogen and oxygen atoms in total. The number of amides is 1. The van der Waals surface area contributed by atoms with E-state index in [9.17, 15) is 13.2 Å². The molecule has 25 heavy (non-hydrogen) atoms. The van der Waals surface area contributed by atoms with Gasteiger partial charge in [-0.3, -0.25) is 9.52 Å². The zero-order chi connectivity index (χ0) is 18.8. The Morgan fingerprint density at radius 1 is 1.24 bits per heavy atom. The van der Waals surface area contributed by atoms with E-state index in [4.69, 9.17) is 23.2 Å². The lowest BCUT2D eigenvalue weighted by Gasteiger charge is -2.04. The van der Waals surface area contributed by atoms with Crippen LogP contribution in [0.2, 0.25) is 10.0 Å². The van der Waals surface area contributed by atoms with E-state index >= 15 is 0 Å². The van der Waals surface area contributed by atoms with E-state index in [-0.39, 0.29) is 5.75 Å². The van der Waals surface area contributed by atoms with Crippen molar-refractivity contribution in [3.8, 4) is 0 Å². The van der Waals surface area contributed by atoms with Crippen LogP contribution in [0.4, 0.5) is 0 Å². The van der Waals surface area contributed by atoms with Crippen molar-refractivity contribution in [1.29, 1.82) is 0 Å². The smallest absolute Gasteiger partial charge is 0.254 e. The zero-order valence-electron chi connectivity index (χ0n) is 14.5. The van der Waals surface area contributed by atoms with Crippen LogP contribution in [0.25, 0.3) is 11.0 Å². The van der Waals surface area contributed by atoms with Gasteiger partial charge in [-0.1, -0.05) is 23.2 Å². The first-order chi connectivity index (χ1) is 11.7. The predicted molar refractivity (Wildman–Crippen MR) is 99.4 cm³/mol. The number of benzene rings is 1. The number of hydrogen-bond donors (Lipinski definition) is 1. The first-order valence-electron chi connectivity index (χ1n) is 8.05. The highest BCUT2D eigenvalue weighted by atomic mass is 35.5. The fourth-order valence-electron chi connectivity index (χ4n) is 2.97. The molecular weight excluding hydrogens is 385 g/mol. The summed E-state index contributed by atoms with van der Waals surface area (Å²) in [5, 5.41) is 0.999. The first kappa shape index (κ1) is 20.0. The molecule has 1 N–H and O–H groups in total. The molecule has 2 aromatic rings. The van der Waals surface area contributed by atoms with E-state index in [2.05, 4.69) is 16.1 Å². The number of unbranched alkanes of at least 4 members (excludes halogenated alkanes) is 1. The second kappa shape index (κ2) is 7.93. The van der Waals surface area contributed by atoms with Gasteiger partial charge in [-0.05, 0) is 19.8 Å². The predicted octanol–water partition coefficient (Wildman–Crippen LogP) is 2.81. The maximum Gasteiger partial charge on any atom is 0.254 e. The highest BCUT2D eigenvalue weighted by Gasteiger charge is 2.22. The Labute approximate surface area is 157 Å². The molecule has 2 rings (SSSR count). The van der Waals surface area contributed by atoms with Gasteiger partial charge in [0.2, 0.25) is 15.9 Å². The summed E-state index contributed by atoms with van der Waals surface area (Å²) in [6.45, 7) is 6.71. The van der Waals surface area contributed by atoms with Crippen LogP contribution in [-0.2, 0) is 27.9 Å². The van der Waals surface area contributed by atoms with E-state index in [0.717, 1.165) is 23.4 Å².